The smallest absolute Gasteiger partial charge is 0.0873 e. The van der Waals surface area contributed by atoms with Crippen molar-refractivity contribution in [3.05, 3.63) is 40.6 Å². The monoisotopic (exact) mass is 289 g/mol. The number of fused-ring (bicyclic) bond motifs is 2. The standard InChI is InChI=1S/C13H12BrN3/c14-10-3-9(6-16-7-10)13(8-15)4-11-1-2-12(5-13)17-11/h1-3,6-7,11-12,17H,4-5H2/t11-,12+,13-. The molecule has 1 aromatic rings. The lowest BCUT2D eigenvalue weighted by Crippen LogP contribution is -2.46. The Labute approximate surface area is 109 Å². The number of aromatic nitrogens is 1. The maximum absolute atomic E-state index is 9.60. The predicted octanol–water partition coefficient (Wildman–Crippen LogP) is 2.30. The van der Waals surface area contributed by atoms with Gasteiger partial charge in [0.2, 0.25) is 0 Å². The molecule has 3 atom stereocenters. The molecule has 2 bridgehead atoms. The molecule has 3 heterocycles. The molecule has 1 saturated heterocycles. The molecule has 0 spiro atoms. The van der Waals surface area contributed by atoms with Crippen molar-refractivity contribution in [2.24, 2.45) is 0 Å². The minimum Gasteiger partial charge on any atom is -0.304 e. The molecular formula is C13H12BrN3. The lowest BCUT2D eigenvalue weighted by atomic mass is 9.72. The van der Waals surface area contributed by atoms with E-state index in [1.54, 1.807) is 6.20 Å². The summed E-state index contributed by atoms with van der Waals surface area (Å²) in [6, 6.07) is 5.19. The number of nitrogens with zero attached hydrogens (tertiary/aromatic N) is 2. The fourth-order valence-electron chi connectivity index (χ4n) is 2.81. The lowest BCUT2D eigenvalue weighted by molar-refractivity contribution is 0.319. The van der Waals surface area contributed by atoms with Gasteiger partial charge in [-0.05, 0) is 40.4 Å². The second-order valence-corrected chi connectivity index (χ2v) is 5.67. The highest BCUT2D eigenvalue weighted by Crippen LogP contribution is 2.40. The van der Waals surface area contributed by atoms with Crippen molar-refractivity contribution in [1.29, 1.82) is 5.26 Å². The van der Waals surface area contributed by atoms with E-state index in [-0.39, 0.29) is 0 Å². The maximum Gasteiger partial charge on any atom is 0.0873 e. The van der Waals surface area contributed by atoms with Crippen LogP contribution in [0.3, 0.4) is 0 Å². The molecule has 4 heteroatoms. The number of hydrogen-bond acceptors (Lipinski definition) is 3. The van der Waals surface area contributed by atoms with Gasteiger partial charge in [0.05, 0.1) is 11.5 Å². The van der Waals surface area contributed by atoms with Gasteiger partial charge in [0.1, 0.15) is 0 Å². The minimum absolute atomic E-state index is 0.326. The number of piperidine rings is 1. The van der Waals surface area contributed by atoms with Gasteiger partial charge < -0.3 is 5.32 Å². The topological polar surface area (TPSA) is 48.7 Å². The fraction of sp³-hybridized carbons (Fsp3) is 0.385. The molecule has 86 valence electrons. The van der Waals surface area contributed by atoms with Gasteiger partial charge in [0.25, 0.3) is 0 Å². The van der Waals surface area contributed by atoms with Crippen molar-refractivity contribution in [1.82, 2.24) is 10.3 Å². The van der Waals surface area contributed by atoms with Crippen molar-refractivity contribution < 1.29 is 0 Å². The molecular weight excluding hydrogens is 278 g/mol. The first kappa shape index (κ1) is 10.9. The van der Waals surface area contributed by atoms with Crippen molar-refractivity contribution in [2.75, 3.05) is 0 Å². The van der Waals surface area contributed by atoms with Gasteiger partial charge in [-0.25, -0.2) is 0 Å². The third-order valence-electron chi connectivity index (χ3n) is 3.61. The second-order valence-electron chi connectivity index (χ2n) is 4.76. The Kier molecular flexibility index (Phi) is 2.53. The highest BCUT2D eigenvalue weighted by Gasteiger charge is 2.43. The van der Waals surface area contributed by atoms with E-state index in [1.165, 1.54) is 0 Å². The van der Waals surface area contributed by atoms with E-state index in [0.29, 0.717) is 12.1 Å². The van der Waals surface area contributed by atoms with E-state index in [9.17, 15) is 5.26 Å². The summed E-state index contributed by atoms with van der Waals surface area (Å²) in [5.41, 5.74) is 0.621. The first-order chi connectivity index (χ1) is 8.22. The molecule has 2 aliphatic rings. The SMILES string of the molecule is N#C[C@@]1(c2cncc(Br)c2)C[C@H]2C=C[C@@H](C1)N2. The van der Waals surface area contributed by atoms with Crippen molar-refractivity contribution in [3.63, 3.8) is 0 Å². The lowest BCUT2D eigenvalue weighted by Gasteiger charge is -2.36. The van der Waals surface area contributed by atoms with Crippen LogP contribution in [0.1, 0.15) is 18.4 Å². The van der Waals surface area contributed by atoms with Crippen LogP contribution in [0.2, 0.25) is 0 Å². The van der Waals surface area contributed by atoms with E-state index in [4.69, 9.17) is 0 Å². The first-order valence-corrected chi connectivity index (χ1v) is 6.48. The number of rotatable bonds is 1. The molecule has 0 amide bonds. The van der Waals surface area contributed by atoms with Crippen LogP contribution in [-0.2, 0) is 5.41 Å². The van der Waals surface area contributed by atoms with Crippen molar-refractivity contribution in [2.45, 2.75) is 30.3 Å². The van der Waals surface area contributed by atoms with Crippen molar-refractivity contribution in [3.8, 4) is 6.07 Å². The minimum atomic E-state index is -0.402. The molecule has 3 rings (SSSR count). The molecule has 1 N–H and O–H groups in total. The zero-order valence-corrected chi connectivity index (χ0v) is 10.8. The Morgan fingerprint density at radius 1 is 1.35 bits per heavy atom. The Bertz CT molecular complexity index is 504. The molecule has 0 unspecified atom stereocenters. The Balaban J connectivity index is 2.02. The Morgan fingerprint density at radius 3 is 2.65 bits per heavy atom. The zero-order valence-electron chi connectivity index (χ0n) is 9.23. The van der Waals surface area contributed by atoms with Gasteiger partial charge in [0.15, 0.2) is 0 Å². The number of nitrogens with one attached hydrogen (secondary N) is 1. The summed E-state index contributed by atoms with van der Waals surface area (Å²) < 4.78 is 0.934. The van der Waals surface area contributed by atoms with Crippen LogP contribution in [0, 0.1) is 11.3 Å². The summed E-state index contributed by atoms with van der Waals surface area (Å²) in [6.45, 7) is 0. The van der Waals surface area contributed by atoms with Crippen LogP contribution >= 0.6 is 15.9 Å². The van der Waals surface area contributed by atoms with E-state index in [1.807, 2.05) is 12.3 Å². The normalized spacial score (nSPS) is 34.6. The number of pyridine rings is 1. The number of halogens is 1. The number of nitriles is 1. The number of hydrogen-bond donors (Lipinski definition) is 1. The highest BCUT2D eigenvalue weighted by atomic mass is 79.9. The van der Waals surface area contributed by atoms with Gasteiger partial charge in [-0.3, -0.25) is 4.98 Å². The fourth-order valence-corrected chi connectivity index (χ4v) is 3.17. The molecule has 0 radical (unpaired) electrons. The van der Waals surface area contributed by atoms with Gasteiger partial charge in [-0.2, -0.15) is 5.26 Å². The quantitative estimate of drug-likeness (QED) is 0.807. The molecule has 0 aromatic carbocycles. The summed E-state index contributed by atoms with van der Waals surface area (Å²) in [5, 5.41) is 13.1. The van der Waals surface area contributed by atoms with E-state index < -0.39 is 5.41 Å². The largest absolute Gasteiger partial charge is 0.304 e. The molecule has 1 fully saturated rings. The second kappa shape index (κ2) is 3.94. The van der Waals surface area contributed by atoms with E-state index in [0.717, 1.165) is 22.9 Å². The van der Waals surface area contributed by atoms with Gasteiger partial charge in [0, 0.05) is 29.0 Å². The maximum atomic E-state index is 9.60. The summed E-state index contributed by atoms with van der Waals surface area (Å²) in [5.74, 6) is 0. The van der Waals surface area contributed by atoms with Gasteiger partial charge in [-0.1, -0.05) is 12.2 Å². The molecule has 2 aliphatic heterocycles. The van der Waals surface area contributed by atoms with Crippen LogP contribution in [0.4, 0.5) is 0 Å². The zero-order chi connectivity index (χ0) is 11.9. The Hall–Kier alpha value is -1.18. The van der Waals surface area contributed by atoms with Crippen LogP contribution < -0.4 is 5.32 Å². The molecule has 17 heavy (non-hydrogen) atoms. The van der Waals surface area contributed by atoms with Crippen LogP contribution in [0.25, 0.3) is 0 Å². The van der Waals surface area contributed by atoms with Crippen LogP contribution in [0.5, 0.6) is 0 Å². The van der Waals surface area contributed by atoms with E-state index >= 15 is 0 Å². The molecule has 0 saturated carbocycles. The summed E-state index contributed by atoms with van der Waals surface area (Å²) in [4.78, 5) is 4.18. The average Bonchev–Trinajstić information content (AvgIpc) is 2.69. The molecule has 3 nitrogen and oxygen atoms in total. The average molecular weight is 290 g/mol. The summed E-state index contributed by atoms with van der Waals surface area (Å²) in [6.07, 6.45) is 9.58. The summed E-state index contributed by atoms with van der Waals surface area (Å²) in [7, 11) is 0. The molecule has 1 aromatic heterocycles. The Morgan fingerprint density at radius 2 is 2.06 bits per heavy atom. The first-order valence-electron chi connectivity index (χ1n) is 5.68. The molecule has 0 aliphatic carbocycles. The summed E-state index contributed by atoms with van der Waals surface area (Å²) >= 11 is 3.42. The van der Waals surface area contributed by atoms with Crippen molar-refractivity contribution >= 4 is 15.9 Å². The third kappa shape index (κ3) is 1.80. The predicted molar refractivity (Wildman–Crippen MR) is 68.3 cm³/mol. The van der Waals surface area contributed by atoms with E-state index in [2.05, 4.69) is 44.5 Å². The third-order valence-corrected chi connectivity index (χ3v) is 4.05. The highest BCUT2D eigenvalue weighted by molar-refractivity contribution is 9.10. The van der Waals surface area contributed by atoms with Gasteiger partial charge >= 0.3 is 0 Å². The van der Waals surface area contributed by atoms with Crippen LogP contribution in [0.15, 0.2) is 35.1 Å². The van der Waals surface area contributed by atoms with Gasteiger partial charge in [-0.15, -0.1) is 0 Å². The van der Waals surface area contributed by atoms with Crippen LogP contribution in [-0.4, -0.2) is 17.1 Å².